The van der Waals surface area contributed by atoms with Crippen molar-refractivity contribution in [1.82, 2.24) is 9.55 Å². The zero-order chi connectivity index (χ0) is 22.9. The van der Waals surface area contributed by atoms with Crippen LogP contribution in [-0.2, 0) is 19.3 Å². The third-order valence-corrected chi connectivity index (χ3v) is 4.66. The molecule has 1 N–H and O–H groups in total. The summed E-state index contributed by atoms with van der Waals surface area (Å²) < 4.78 is 65.9. The highest BCUT2D eigenvalue weighted by atomic mass is 19.4. The molecule has 1 aliphatic rings. The zero-order valence-electron chi connectivity index (χ0n) is 16.2. The molecule has 32 heavy (non-hydrogen) atoms. The molecule has 0 amide bonds. The smallest absolute Gasteiger partial charge is 0.417 e. The van der Waals surface area contributed by atoms with E-state index in [2.05, 4.69) is 10.3 Å². The molecule has 0 fully saturated rings. The molecule has 1 aliphatic heterocycles. The average molecular weight is 446 g/mol. The van der Waals surface area contributed by atoms with Gasteiger partial charge in [0.15, 0.2) is 11.6 Å². The van der Waals surface area contributed by atoms with Crippen LogP contribution in [0.25, 0.3) is 0 Å². The lowest BCUT2D eigenvalue weighted by molar-refractivity contribution is -0.137. The first-order valence-electron chi connectivity index (χ1n) is 9.31. The number of nitriles is 1. The molecule has 0 spiro atoms. The van der Waals surface area contributed by atoms with Gasteiger partial charge in [-0.05, 0) is 35.9 Å². The molecule has 0 unspecified atom stereocenters. The molecule has 2 heterocycles. The van der Waals surface area contributed by atoms with E-state index in [9.17, 15) is 22.4 Å². The molecule has 164 valence electrons. The normalized spacial score (nSPS) is 12.6. The number of halogens is 4. The van der Waals surface area contributed by atoms with Gasteiger partial charge in [-0.3, -0.25) is 4.57 Å². The molecule has 1 aromatic heterocycles. The Morgan fingerprint density at radius 2 is 2.00 bits per heavy atom. The summed E-state index contributed by atoms with van der Waals surface area (Å²) in [6.45, 7) is 1.02. The number of nitrogens with one attached hydrogen (secondary N) is 1. The summed E-state index contributed by atoms with van der Waals surface area (Å²) in [6.07, 6.45) is -4.76. The lowest BCUT2D eigenvalue weighted by atomic mass is 10.1. The standard InChI is InChI=1S/C21H14F4N4O3/c22-16-7-12(11-31-19-9-18-27-5-6-29(18)20(30)28-19)1-4-17(16)32-14-3-2-13(10-26)15(8-14)21(23,24)25/h1-4,7-9,27H,5-6,11H2. The van der Waals surface area contributed by atoms with Crippen LogP contribution in [0.2, 0.25) is 0 Å². The summed E-state index contributed by atoms with van der Waals surface area (Å²) in [6, 6.07) is 9.58. The van der Waals surface area contributed by atoms with Gasteiger partial charge in [0, 0.05) is 19.2 Å². The van der Waals surface area contributed by atoms with Crippen LogP contribution in [0.1, 0.15) is 16.7 Å². The number of hydrogen-bond donors (Lipinski definition) is 1. The third-order valence-electron chi connectivity index (χ3n) is 4.66. The van der Waals surface area contributed by atoms with Crippen molar-refractivity contribution in [3.63, 3.8) is 0 Å². The van der Waals surface area contributed by atoms with Crippen LogP contribution < -0.4 is 20.5 Å². The number of alkyl halides is 3. The van der Waals surface area contributed by atoms with E-state index in [1.165, 1.54) is 22.8 Å². The average Bonchev–Trinajstić information content (AvgIpc) is 3.23. The molecule has 0 radical (unpaired) electrons. The van der Waals surface area contributed by atoms with Gasteiger partial charge in [-0.15, -0.1) is 0 Å². The molecule has 0 atom stereocenters. The predicted octanol–water partition coefficient (Wildman–Crippen LogP) is 4.07. The van der Waals surface area contributed by atoms with Crippen molar-refractivity contribution in [2.24, 2.45) is 0 Å². The summed E-state index contributed by atoms with van der Waals surface area (Å²) in [5.74, 6) is -0.740. The van der Waals surface area contributed by atoms with Crippen molar-refractivity contribution in [2.75, 3.05) is 11.9 Å². The molecule has 4 rings (SSSR count). The molecule has 0 aliphatic carbocycles. The van der Waals surface area contributed by atoms with Gasteiger partial charge >= 0.3 is 11.9 Å². The maximum Gasteiger partial charge on any atom is 0.417 e. The van der Waals surface area contributed by atoms with Crippen molar-refractivity contribution < 1.29 is 27.0 Å². The Morgan fingerprint density at radius 1 is 1.19 bits per heavy atom. The molecule has 0 saturated heterocycles. The maximum atomic E-state index is 14.5. The van der Waals surface area contributed by atoms with Crippen molar-refractivity contribution in [3.8, 4) is 23.4 Å². The van der Waals surface area contributed by atoms with Crippen LogP contribution in [-0.4, -0.2) is 16.1 Å². The van der Waals surface area contributed by atoms with Crippen molar-refractivity contribution in [2.45, 2.75) is 19.3 Å². The molecular formula is C21H14F4N4O3. The molecule has 2 aromatic carbocycles. The van der Waals surface area contributed by atoms with Gasteiger partial charge in [0.1, 0.15) is 18.2 Å². The number of benzene rings is 2. The summed E-state index contributed by atoms with van der Waals surface area (Å²) in [5, 5.41) is 11.9. The topological polar surface area (TPSA) is 89.2 Å². The van der Waals surface area contributed by atoms with Crippen molar-refractivity contribution >= 4 is 5.82 Å². The van der Waals surface area contributed by atoms with Gasteiger partial charge in [-0.2, -0.15) is 23.4 Å². The van der Waals surface area contributed by atoms with Crippen LogP contribution >= 0.6 is 0 Å². The highest BCUT2D eigenvalue weighted by Gasteiger charge is 2.34. The Morgan fingerprint density at radius 3 is 2.72 bits per heavy atom. The summed E-state index contributed by atoms with van der Waals surface area (Å²) in [5.41, 5.74) is -1.80. The second-order valence-corrected chi connectivity index (χ2v) is 6.81. The number of hydrogen-bond acceptors (Lipinski definition) is 6. The van der Waals surface area contributed by atoms with Gasteiger partial charge in [-0.25, -0.2) is 9.18 Å². The molecule has 0 saturated carbocycles. The maximum absolute atomic E-state index is 14.5. The fourth-order valence-corrected chi connectivity index (χ4v) is 3.14. The Kier molecular flexibility index (Phi) is 5.44. The number of fused-ring (bicyclic) bond motifs is 1. The van der Waals surface area contributed by atoms with E-state index >= 15 is 0 Å². The minimum Gasteiger partial charge on any atom is -0.473 e. The Labute approximate surface area is 178 Å². The molecule has 11 heteroatoms. The summed E-state index contributed by atoms with van der Waals surface area (Å²) in [7, 11) is 0. The van der Waals surface area contributed by atoms with E-state index in [4.69, 9.17) is 14.7 Å². The van der Waals surface area contributed by atoms with Crippen LogP contribution in [0.15, 0.2) is 47.3 Å². The lowest BCUT2D eigenvalue weighted by Crippen LogP contribution is -2.21. The zero-order valence-corrected chi connectivity index (χ0v) is 16.2. The van der Waals surface area contributed by atoms with Crippen LogP contribution in [0.4, 0.5) is 23.4 Å². The second-order valence-electron chi connectivity index (χ2n) is 6.81. The second kappa shape index (κ2) is 8.22. The van der Waals surface area contributed by atoms with E-state index in [0.717, 1.165) is 18.2 Å². The third kappa shape index (κ3) is 4.34. The number of nitrogens with zero attached hydrogens (tertiary/aromatic N) is 3. The quantitative estimate of drug-likeness (QED) is 0.595. The van der Waals surface area contributed by atoms with Gasteiger partial charge in [0.2, 0.25) is 5.88 Å². The Bertz CT molecular complexity index is 1280. The molecule has 3 aromatic rings. The lowest BCUT2D eigenvalue weighted by Gasteiger charge is -2.13. The fraction of sp³-hybridized carbons (Fsp3) is 0.190. The van der Waals surface area contributed by atoms with E-state index in [0.29, 0.717) is 30.5 Å². The largest absolute Gasteiger partial charge is 0.473 e. The summed E-state index contributed by atoms with van der Waals surface area (Å²) in [4.78, 5) is 15.7. The fourth-order valence-electron chi connectivity index (χ4n) is 3.14. The molecular weight excluding hydrogens is 432 g/mol. The first-order chi connectivity index (χ1) is 15.2. The predicted molar refractivity (Wildman–Crippen MR) is 104 cm³/mol. The minimum atomic E-state index is -4.76. The van der Waals surface area contributed by atoms with E-state index in [1.807, 2.05) is 0 Å². The van der Waals surface area contributed by atoms with Crippen molar-refractivity contribution in [3.05, 3.63) is 75.5 Å². The first-order valence-corrected chi connectivity index (χ1v) is 9.31. The van der Waals surface area contributed by atoms with Crippen LogP contribution in [0.3, 0.4) is 0 Å². The van der Waals surface area contributed by atoms with E-state index in [1.54, 1.807) is 6.07 Å². The van der Waals surface area contributed by atoms with E-state index in [-0.39, 0.29) is 24.0 Å². The van der Waals surface area contributed by atoms with Crippen LogP contribution in [0.5, 0.6) is 17.4 Å². The van der Waals surface area contributed by atoms with Gasteiger partial charge in [-0.1, -0.05) is 6.07 Å². The highest BCUT2D eigenvalue weighted by Crippen LogP contribution is 2.35. The first kappa shape index (κ1) is 21.2. The molecule has 7 nitrogen and oxygen atoms in total. The van der Waals surface area contributed by atoms with Crippen LogP contribution in [0, 0.1) is 17.1 Å². The molecule has 0 bridgehead atoms. The summed E-state index contributed by atoms with van der Waals surface area (Å²) >= 11 is 0. The SMILES string of the molecule is N#Cc1ccc(Oc2ccc(COc3cc4n(c(=O)n3)CCN4)cc2F)cc1C(F)(F)F. The monoisotopic (exact) mass is 446 g/mol. The minimum absolute atomic E-state index is 0.0775. The van der Waals surface area contributed by atoms with Gasteiger partial charge in [0.05, 0.1) is 17.2 Å². The Balaban J connectivity index is 1.48. The van der Waals surface area contributed by atoms with Crippen molar-refractivity contribution in [1.29, 1.82) is 5.26 Å². The van der Waals surface area contributed by atoms with Gasteiger partial charge < -0.3 is 14.8 Å². The Hall–Kier alpha value is -4.07. The van der Waals surface area contributed by atoms with E-state index < -0.39 is 28.8 Å². The highest BCUT2D eigenvalue weighted by molar-refractivity contribution is 5.46. The number of anilines is 1. The number of aromatic nitrogens is 2. The van der Waals surface area contributed by atoms with Gasteiger partial charge in [0.25, 0.3) is 0 Å². The number of rotatable bonds is 5. The number of ether oxygens (including phenoxy) is 2.